The highest BCUT2D eigenvalue weighted by atomic mass is 16.9. The minimum atomic E-state index is -2.07. The SMILES string of the molecule is COC(=O)[C@H](OC(C)=O)[C@H]1[C@]2(C)C[C@]3(O)[C@H]([C@H]2OC(C)=O)[C@H]2O[C@@]4(C)O[C@@]5(CC[C@@]6(C)[C@H](c7ccoc7)OC(=O)C[C@@]6(O)[C@@]25O4)[C@]13C. The first kappa shape index (κ1) is 31.2. The van der Waals surface area contributed by atoms with Crippen LogP contribution in [0.1, 0.15) is 78.9 Å². The number of hydrogen-bond acceptors (Lipinski definition) is 14. The zero-order valence-corrected chi connectivity index (χ0v) is 27.3. The predicted octanol–water partition coefficient (Wildman–Crippen LogP) is 1.84. The fourth-order valence-corrected chi connectivity index (χ4v) is 12.3. The normalized spacial score (nSPS) is 53.5. The molecule has 2 N–H and O–H groups in total. The van der Waals surface area contributed by atoms with Gasteiger partial charge in [0.25, 0.3) is 5.97 Å². The number of fused-ring (bicyclic) bond motifs is 4. The van der Waals surface area contributed by atoms with E-state index in [0.717, 1.165) is 6.92 Å². The van der Waals surface area contributed by atoms with Gasteiger partial charge in [-0.05, 0) is 25.3 Å². The third-order valence-corrected chi connectivity index (χ3v) is 13.6. The molecule has 7 aliphatic rings. The topological polar surface area (TPSA) is 186 Å². The number of carbonyl (C=O) groups excluding carboxylic acids is 4. The van der Waals surface area contributed by atoms with Crippen LogP contribution in [0, 0.1) is 28.1 Å². The van der Waals surface area contributed by atoms with Crippen LogP contribution < -0.4 is 0 Å². The van der Waals surface area contributed by atoms with Gasteiger partial charge in [-0.1, -0.05) is 20.8 Å². The largest absolute Gasteiger partial charge is 0.472 e. The van der Waals surface area contributed by atoms with E-state index in [2.05, 4.69) is 0 Å². The maximum Gasteiger partial charge on any atom is 0.347 e. The lowest BCUT2D eigenvalue weighted by Crippen LogP contribution is -2.92. The summed E-state index contributed by atoms with van der Waals surface area (Å²) in [6.07, 6.45) is -2.02. The van der Waals surface area contributed by atoms with Crippen molar-refractivity contribution < 1.29 is 67.0 Å². The first-order chi connectivity index (χ1) is 21.8. The molecule has 4 saturated carbocycles. The van der Waals surface area contributed by atoms with E-state index in [0.29, 0.717) is 5.56 Å². The van der Waals surface area contributed by atoms with Crippen LogP contribution >= 0.6 is 0 Å². The molecule has 14 heteroatoms. The Morgan fingerprint density at radius 2 is 1.77 bits per heavy atom. The van der Waals surface area contributed by atoms with E-state index in [1.165, 1.54) is 26.6 Å². The van der Waals surface area contributed by atoms with Crippen LogP contribution in [0.5, 0.6) is 0 Å². The fraction of sp³-hybridized carbons (Fsp3) is 0.758. The average molecular weight is 661 g/mol. The molecule has 0 amide bonds. The van der Waals surface area contributed by atoms with Crippen molar-refractivity contribution in [1.29, 1.82) is 0 Å². The molecule has 4 heterocycles. The van der Waals surface area contributed by atoms with Crippen LogP contribution in [0.15, 0.2) is 23.0 Å². The Bertz CT molecular complexity index is 1610. The second kappa shape index (κ2) is 8.75. The van der Waals surface area contributed by atoms with Crippen molar-refractivity contribution in [1.82, 2.24) is 0 Å². The summed E-state index contributed by atoms with van der Waals surface area (Å²) in [6, 6.07) is 1.67. The van der Waals surface area contributed by atoms with Crippen LogP contribution in [-0.2, 0) is 52.3 Å². The maximum atomic E-state index is 13.6. The Hall–Kier alpha value is -3.04. The molecule has 0 radical (unpaired) electrons. The highest BCUT2D eigenvalue weighted by Crippen LogP contribution is 2.88. The zero-order chi connectivity index (χ0) is 34.0. The average Bonchev–Trinajstić information content (AvgIpc) is 3.74. The molecule has 3 aliphatic heterocycles. The molecule has 1 aromatic heterocycles. The predicted molar refractivity (Wildman–Crippen MR) is 151 cm³/mol. The van der Waals surface area contributed by atoms with Crippen LogP contribution in [0.25, 0.3) is 0 Å². The molecular weight excluding hydrogens is 620 g/mol. The van der Waals surface area contributed by atoms with Gasteiger partial charge in [0.05, 0.1) is 37.6 Å². The lowest BCUT2D eigenvalue weighted by Gasteiger charge is -2.76. The van der Waals surface area contributed by atoms with Gasteiger partial charge < -0.3 is 47.8 Å². The van der Waals surface area contributed by atoms with Gasteiger partial charge in [-0.25, -0.2) is 4.79 Å². The summed E-state index contributed by atoms with van der Waals surface area (Å²) >= 11 is 0. The van der Waals surface area contributed by atoms with Crippen molar-refractivity contribution in [3.8, 4) is 0 Å². The summed E-state index contributed by atoms with van der Waals surface area (Å²) in [5.74, 6) is -6.87. The Balaban J connectivity index is 1.43. The minimum absolute atomic E-state index is 0.00564. The highest BCUT2D eigenvalue weighted by molar-refractivity contribution is 5.80. The molecule has 3 saturated heterocycles. The molecule has 1 spiro atoms. The van der Waals surface area contributed by atoms with E-state index in [1.54, 1.807) is 26.8 Å². The van der Waals surface area contributed by atoms with E-state index >= 15 is 0 Å². The van der Waals surface area contributed by atoms with Gasteiger partial charge in [0.1, 0.15) is 29.5 Å². The Kier molecular flexibility index (Phi) is 5.82. The number of methoxy groups -OCH3 is 1. The monoisotopic (exact) mass is 660 g/mol. The highest BCUT2D eigenvalue weighted by Gasteiger charge is 3.01. The number of carbonyl (C=O) groups is 4. The first-order valence-corrected chi connectivity index (χ1v) is 16.0. The maximum absolute atomic E-state index is 13.6. The molecule has 0 aromatic carbocycles. The molecule has 0 unspecified atom stereocenters. The molecule has 7 fully saturated rings. The van der Waals surface area contributed by atoms with Gasteiger partial charge in [0.2, 0.25) is 6.10 Å². The third-order valence-electron chi connectivity index (χ3n) is 13.6. The molecule has 4 aliphatic carbocycles. The molecule has 8 rings (SSSR count). The summed E-state index contributed by atoms with van der Waals surface area (Å²) in [5, 5.41) is 26.7. The standard InChI is InChI=1S/C33H40O14/c1-15(34)42-20(25(37)40-7)21-26(3)14-30(38)19(23(26)43-16(2)35)24-33-31(39)12-18(36)44-22(17-8-11-41-13-17)27(31,4)9-10-32(33,28(21,30)5)46-29(6,45-24)47-33/h8,11,13,19-24,38-39H,9-10,12,14H2,1-7H3/t19-,20-,21+,22+,23-,24-,26+,27+,28-,29+,30+,31+,32+,33+/m1/s1. The summed E-state index contributed by atoms with van der Waals surface area (Å²) < 4.78 is 48.6. The van der Waals surface area contributed by atoms with Crippen molar-refractivity contribution in [3.63, 3.8) is 0 Å². The van der Waals surface area contributed by atoms with Crippen molar-refractivity contribution in [2.75, 3.05) is 7.11 Å². The van der Waals surface area contributed by atoms with E-state index in [4.69, 9.17) is 37.6 Å². The molecule has 47 heavy (non-hydrogen) atoms. The Labute approximate surface area is 270 Å². The number of cyclic esters (lactones) is 1. The summed E-state index contributed by atoms with van der Waals surface area (Å²) in [5.41, 5.74) is -10.8. The van der Waals surface area contributed by atoms with Crippen molar-refractivity contribution in [2.24, 2.45) is 28.1 Å². The third kappa shape index (κ3) is 3.04. The van der Waals surface area contributed by atoms with Gasteiger partial charge in [0.15, 0.2) is 5.60 Å². The molecule has 256 valence electrons. The van der Waals surface area contributed by atoms with E-state index in [1.807, 2.05) is 6.92 Å². The molecule has 4 bridgehead atoms. The number of furan rings is 1. The van der Waals surface area contributed by atoms with Crippen LogP contribution in [-0.4, -0.2) is 87.9 Å². The lowest BCUT2D eigenvalue weighted by molar-refractivity contribution is -0.439. The molecular formula is C33H40O14. The summed E-state index contributed by atoms with van der Waals surface area (Å²) in [4.78, 5) is 52.6. The van der Waals surface area contributed by atoms with E-state index in [-0.39, 0.29) is 19.3 Å². The number of aliphatic hydroxyl groups is 2. The van der Waals surface area contributed by atoms with Gasteiger partial charge in [-0.3, -0.25) is 14.4 Å². The Morgan fingerprint density at radius 3 is 2.38 bits per heavy atom. The van der Waals surface area contributed by atoms with Crippen molar-refractivity contribution in [3.05, 3.63) is 24.2 Å². The number of hydrogen-bond donors (Lipinski definition) is 2. The molecule has 14 nitrogen and oxygen atoms in total. The van der Waals surface area contributed by atoms with Crippen LogP contribution in [0.2, 0.25) is 0 Å². The lowest BCUT2D eigenvalue weighted by atomic mass is 9.33. The second-order valence-corrected chi connectivity index (χ2v) is 15.4. The quantitative estimate of drug-likeness (QED) is 0.344. The van der Waals surface area contributed by atoms with Gasteiger partial charge in [-0.2, -0.15) is 0 Å². The Morgan fingerprint density at radius 1 is 1.04 bits per heavy atom. The van der Waals surface area contributed by atoms with Gasteiger partial charge in [-0.15, -0.1) is 0 Å². The zero-order valence-electron chi connectivity index (χ0n) is 27.3. The number of rotatable bonds is 5. The fourth-order valence-electron chi connectivity index (χ4n) is 12.3. The van der Waals surface area contributed by atoms with Crippen molar-refractivity contribution >= 4 is 23.9 Å². The minimum Gasteiger partial charge on any atom is -0.472 e. The molecule has 1 aromatic rings. The first-order valence-electron chi connectivity index (χ1n) is 16.0. The van der Waals surface area contributed by atoms with Gasteiger partial charge in [0, 0.05) is 48.5 Å². The van der Waals surface area contributed by atoms with Gasteiger partial charge >= 0.3 is 23.9 Å². The van der Waals surface area contributed by atoms with Crippen molar-refractivity contribution in [2.45, 2.75) is 120 Å². The summed E-state index contributed by atoms with van der Waals surface area (Å²) in [6.45, 7) is 9.32. The number of esters is 4. The number of ether oxygens (including phenoxy) is 7. The van der Waals surface area contributed by atoms with E-state index < -0.39 is 111 Å². The second-order valence-electron chi connectivity index (χ2n) is 15.4. The van der Waals surface area contributed by atoms with E-state index in [9.17, 15) is 29.4 Å². The smallest absolute Gasteiger partial charge is 0.347 e. The van der Waals surface area contributed by atoms with Crippen LogP contribution in [0.3, 0.4) is 0 Å². The molecule has 14 atom stereocenters. The summed E-state index contributed by atoms with van der Waals surface area (Å²) in [7, 11) is 1.17. The van der Waals surface area contributed by atoms with Crippen LogP contribution in [0.4, 0.5) is 0 Å².